The number of hydrogen-bond acceptors (Lipinski definition) is 3. The van der Waals surface area contributed by atoms with Crippen LogP contribution in [0.5, 0.6) is 0 Å². The van der Waals surface area contributed by atoms with Crippen LogP contribution in [0.15, 0.2) is 24.3 Å². The van der Waals surface area contributed by atoms with Crippen molar-refractivity contribution in [2.24, 2.45) is 5.92 Å². The molecule has 1 aromatic carbocycles. The van der Waals surface area contributed by atoms with Gasteiger partial charge in [-0.25, -0.2) is 0 Å². The highest BCUT2D eigenvalue weighted by molar-refractivity contribution is 6.30. The van der Waals surface area contributed by atoms with Gasteiger partial charge in [-0.3, -0.25) is 9.59 Å². The third-order valence-electron chi connectivity index (χ3n) is 4.93. The number of benzene rings is 1. The molecule has 2 heterocycles. The van der Waals surface area contributed by atoms with Gasteiger partial charge in [-0.05, 0) is 43.4 Å². The van der Waals surface area contributed by atoms with Crippen molar-refractivity contribution in [2.45, 2.75) is 44.2 Å². The van der Waals surface area contributed by atoms with Gasteiger partial charge in [0.1, 0.15) is 0 Å². The number of halogens is 1. The minimum absolute atomic E-state index is 0.0172. The molecule has 5 nitrogen and oxygen atoms in total. The third kappa shape index (κ3) is 3.73. The molecule has 2 saturated heterocycles. The van der Waals surface area contributed by atoms with E-state index in [0.29, 0.717) is 18.1 Å². The molecule has 2 fully saturated rings. The Morgan fingerprint density at radius 3 is 2.62 bits per heavy atom. The molecule has 0 aromatic heterocycles. The number of carboxylic acid groups (broad SMARTS) is 1. The maximum absolute atomic E-state index is 13.0. The average Bonchev–Trinajstić information content (AvgIpc) is 2.58. The normalized spacial score (nSPS) is 28.0. The van der Waals surface area contributed by atoms with Crippen LogP contribution in [-0.2, 0) is 14.3 Å². The summed E-state index contributed by atoms with van der Waals surface area (Å²) in [5.74, 6) is -1.41. The second-order valence-electron chi connectivity index (χ2n) is 6.56. The van der Waals surface area contributed by atoms with Crippen molar-refractivity contribution in [1.82, 2.24) is 4.90 Å². The van der Waals surface area contributed by atoms with Gasteiger partial charge in [-0.15, -0.1) is 0 Å². The van der Waals surface area contributed by atoms with Gasteiger partial charge in [-0.2, -0.15) is 0 Å². The SMILES string of the molecule is O=C(O)C[C@H]1CCC(c2ccc(Cl)cc2)N([C@H]2CCCOC2)C1=O. The fraction of sp³-hybridized carbons (Fsp3) is 0.556. The summed E-state index contributed by atoms with van der Waals surface area (Å²) in [5.41, 5.74) is 1.05. The van der Waals surface area contributed by atoms with Gasteiger partial charge < -0.3 is 14.7 Å². The molecular weight excluding hydrogens is 330 g/mol. The molecule has 2 aliphatic rings. The van der Waals surface area contributed by atoms with Crippen molar-refractivity contribution < 1.29 is 19.4 Å². The number of hydrogen-bond donors (Lipinski definition) is 1. The van der Waals surface area contributed by atoms with E-state index in [0.717, 1.165) is 31.4 Å². The maximum atomic E-state index is 13.0. The van der Waals surface area contributed by atoms with Crippen molar-refractivity contribution in [3.8, 4) is 0 Å². The molecule has 0 aliphatic carbocycles. The van der Waals surface area contributed by atoms with Gasteiger partial charge in [0.05, 0.1) is 25.1 Å². The Bertz CT molecular complexity index is 598. The van der Waals surface area contributed by atoms with Crippen molar-refractivity contribution in [1.29, 1.82) is 0 Å². The van der Waals surface area contributed by atoms with E-state index in [1.54, 1.807) is 0 Å². The van der Waals surface area contributed by atoms with Gasteiger partial charge in [0, 0.05) is 17.5 Å². The van der Waals surface area contributed by atoms with Crippen LogP contribution in [0.2, 0.25) is 5.02 Å². The number of likely N-dealkylation sites (tertiary alicyclic amines) is 1. The summed E-state index contributed by atoms with van der Waals surface area (Å²) in [4.78, 5) is 26.0. The van der Waals surface area contributed by atoms with E-state index in [9.17, 15) is 9.59 Å². The highest BCUT2D eigenvalue weighted by Crippen LogP contribution is 2.38. The zero-order chi connectivity index (χ0) is 17.1. The van der Waals surface area contributed by atoms with Crippen LogP contribution in [0.4, 0.5) is 0 Å². The van der Waals surface area contributed by atoms with Crippen molar-refractivity contribution in [2.75, 3.05) is 13.2 Å². The molecule has 2 aliphatic heterocycles. The number of ether oxygens (including phenoxy) is 1. The van der Waals surface area contributed by atoms with Crippen molar-refractivity contribution >= 4 is 23.5 Å². The quantitative estimate of drug-likeness (QED) is 0.904. The average molecular weight is 352 g/mol. The van der Waals surface area contributed by atoms with Crippen LogP contribution >= 0.6 is 11.6 Å². The molecule has 1 N–H and O–H groups in total. The lowest BCUT2D eigenvalue weighted by Gasteiger charge is -2.45. The summed E-state index contributed by atoms with van der Waals surface area (Å²) in [6, 6.07) is 7.55. The molecule has 1 amide bonds. The minimum Gasteiger partial charge on any atom is -0.481 e. The summed E-state index contributed by atoms with van der Waals surface area (Å²) in [6.07, 6.45) is 3.08. The Kier molecular flexibility index (Phi) is 5.41. The summed E-state index contributed by atoms with van der Waals surface area (Å²) in [6.45, 7) is 1.25. The molecule has 1 unspecified atom stereocenters. The van der Waals surface area contributed by atoms with Gasteiger partial charge in [-0.1, -0.05) is 23.7 Å². The summed E-state index contributed by atoms with van der Waals surface area (Å²) < 4.78 is 5.57. The first-order valence-corrected chi connectivity index (χ1v) is 8.81. The van der Waals surface area contributed by atoms with Gasteiger partial charge in [0.25, 0.3) is 0 Å². The van der Waals surface area contributed by atoms with Crippen LogP contribution in [-0.4, -0.2) is 41.1 Å². The number of amides is 1. The van der Waals surface area contributed by atoms with E-state index in [1.165, 1.54) is 0 Å². The molecule has 1 aromatic rings. The monoisotopic (exact) mass is 351 g/mol. The van der Waals surface area contributed by atoms with E-state index in [4.69, 9.17) is 21.4 Å². The predicted molar refractivity (Wildman–Crippen MR) is 89.9 cm³/mol. The van der Waals surface area contributed by atoms with Crippen LogP contribution < -0.4 is 0 Å². The third-order valence-corrected chi connectivity index (χ3v) is 5.19. The summed E-state index contributed by atoms with van der Waals surface area (Å²) >= 11 is 5.98. The van der Waals surface area contributed by atoms with Gasteiger partial charge >= 0.3 is 5.97 Å². The number of piperidine rings is 1. The molecule has 0 radical (unpaired) electrons. The lowest BCUT2D eigenvalue weighted by atomic mass is 9.84. The van der Waals surface area contributed by atoms with Crippen LogP contribution in [0, 0.1) is 5.92 Å². The van der Waals surface area contributed by atoms with Gasteiger partial charge in [0.15, 0.2) is 0 Å². The fourth-order valence-electron chi connectivity index (χ4n) is 3.78. The topological polar surface area (TPSA) is 66.8 Å². The zero-order valence-corrected chi connectivity index (χ0v) is 14.2. The maximum Gasteiger partial charge on any atom is 0.304 e. The molecular formula is C18H22ClNO4. The largest absolute Gasteiger partial charge is 0.481 e. The molecule has 0 spiro atoms. The first-order chi connectivity index (χ1) is 11.6. The number of carbonyl (C=O) groups excluding carboxylic acids is 1. The Hall–Kier alpha value is -1.59. The highest BCUT2D eigenvalue weighted by Gasteiger charge is 2.41. The molecule has 24 heavy (non-hydrogen) atoms. The van der Waals surface area contributed by atoms with Crippen LogP contribution in [0.3, 0.4) is 0 Å². The van der Waals surface area contributed by atoms with Crippen LogP contribution in [0.25, 0.3) is 0 Å². The van der Waals surface area contributed by atoms with E-state index in [2.05, 4.69) is 0 Å². The second kappa shape index (κ2) is 7.53. The van der Waals surface area contributed by atoms with Crippen molar-refractivity contribution in [3.63, 3.8) is 0 Å². The Morgan fingerprint density at radius 2 is 2.00 bits per heavy atom. The fourth-order valence-corrected chi connectivity index (χ4v) is 3.90. The number of carbonyl (C=O) groups is 2. The smallest absolute Gasteiger partial charge is 0.304 e. The molecule has 6 heteroatoms. The standard InChI is InChI=1S/C18H22ClNO4/c19-14-6-3-12(4-7-14)16-8-5-13(10-17(21)22)18(23)20(16)15-2-1-9-24-11-15/h3-4,6-7,13,15-16H,1-2,5,8-11H2,(H,21,22)/t13-,15+,16?/m1/s1. The van der Waals surface area contributed by atoms with E-state index >= 15 is 0 Å². The van der Waals surface area contributed by atoms with Crippen LogP contribution in [0.1, 0.15) is 43.7 Å². The van der Waals surface area contributed by atoms with E-state index in [1.807, 2.05) is 29.2 Å². The molecule has 0 bridgehead atoms. The molecule has 0 saturated carbocycles. The number of carboxylic acids is 1. The highest BCUT2D eigenvalue weighted by atomic mass is 35.5. The molecule has 3 rings (SSSR count). The lowest BCUT2D eigenvalue weighted by Crippen LogP contribution is -2.52. The molecule has 130 valence electrons. The summed E-state index contributed by atoms with van der Waals surface area (Å²) in [5, 5.41) is 9.75. The number of rotatable bonds is 4. The first kappa shape index (κ1) is 17.2. The predicted octanol–water partition coefficient (Wildman–Crippen LogP) is 3.27. The Labute approximate surface area is 146 Å². The number of aliphatic carboxylic acids is 1. The summed E-state index contributed by atoms with van der Waals surface area (Å²) in [7, 11) is 0. The second-order valence-corrected chi connectivity index (χ2v) is 6.99. The molecule has 3 atom stereocenters. The van der Waals surface area contributed by atoms with E-state index < -0.39 is 11.9 Å². The lowest BCUT2D eigenvalue weighted by molar-refractivity contribution is -0.154. The Morgan fingerprint density at radius 1 is 1.25 bits per heavy atom. The number of nitrogens with zero attached hydrogens (tertiary/aromatic N) is 1. The first-order valence-electron chi connectivity index (χ1n) is 8.43. The zero-order valence-electron chi connectivity index (χ0n) is 13.5. The van der Waals surface area contributed by atoms with Crippen molar-refractivity contribution in [3.05, 3.63) is 34.9 Å². The Balaban J connectivity index is 1.87. The van der Waals surface area contributed by atoms with E-state index in [-0.39, 0.29) is 24.4 Å². The van der Waals surface area contributed by atoms with Gasteiger partial charge in [0.2, 0.25) is 5.91 Å². The minimum atomic E-state index is -0.918.